The minimum Gasteiger partial charge on any atom is -0.465 e. The van der Waals surface area contributed by atoms with Gasteiger partial charge in [-0.05, 0) is 6.42 Å². The molecule has 0 aromatic heterocycles. The monoisotopic (exact) mass is 213 g/mol. The van der Waals surface area contributed by atoms with Gasteiger partial charge in [-0.2, -0.15) is 0 Å². The van der Waals surface area contributed by atoms with Crippen LogP contribution in [0, 0.1) is 5.92 Å². The largest absolute Gasteiger partial charge is 1.00 e. The van der Waals surface area contributed by atoms with Gasteiger partial charge in [0, 0.05) is 19.0 Å². The van der Waals surface area contributed by atoms with Crippen molar-refractivity contribution in [2.24, 2.45) is 5.92 Å². The molecule has 78 valence electrons. The number of aliphatic hydroxyl groups excluding tert-OH is 2. The van der Waals surface area contributed by atoms with Crippen LogP contribution >= 0.6 is 0 Å². The predicted octanol–water partition coefficient (Wildman–Crippen LogP) is -5.11. The molecule has 1 saturated heterocycles. The molecule has 1 rings (SSSR count). The molecule has 14 heavy (non-hydrogen) atoms. The summed E-state index contributed by atoms with van der Waals surface area (Å²) in [5.41, 5.74) is 0. The molecule has 0 bridgehead atoms. The van der Waals surface area contributed by atoms with Crippen molar-refractivity contribution >= 4 is 14.5 Å². The number of amides is 1. The molecule has 3 N–H and O–H groups in total. The van der Waals surface area contributed by atoms with Crippen LogP contribution < -0.4 is 29.6 Å². The van der Waals surface area contributed by atoms with E-state index >= 15 is 0 Å². The van der Waals surface area contributed by atoms with Crippen molar-refractivity contribution in [1.29, 1.82) is 0 Å². The molecule has 0 aliphatic carbocycles. The van der Waals surface area contributed by atoms with Gasteiger partial charge in [0.2, 0.25) is 0 Å². The molecule has 0 saturated carbocycles. The van der Waals surface area contributed by atoms with Crippen molar-refractivity contribution in [1.82, 2.24) is 4.90 Å². The second-order valence-electron chi connectivity index (χ2n) is 3.03. The zero-order valence-corrected chi connectivity index (χ0v) is 9.68. The number of aliphatic hydroxyl groups is 2. The van der Waals surface area contributed by atoms with Gasteiger partial charge in [-0.25, -0.2) is 4.79 Å². The molecule has 1 aliphatic heterocycles. The molecular formula is C7H17BNNaO4. The summed E-state index contributed by atoms with van der Waals surface area (Å²) >= 11 is 0. The first kappa shape index (κ1) is 16.7. The normalized spacial score (nSPS) is 26.0. The predicted molar refractivity (Wildman–Crippen MR) is 52.1 cm³/mol. The van der Waals surface area contributed by atoms with E-state index in [0.29, 0.717) is 13.0 Å². The van der Waals surface area contributed by atoms with Crippen LogP contribution in [0.1, 0.15) is 6.42 Å². The van der Waals surface area contributed by atoms with E-state index in [1.54, 1.807) is 0 Å². The van der Waals surface area contributed by atoms with Crippen molar-refractivity contribution in [3.63, 3.8) is 0 Å². The van der Waals surface area contributed by atoms with Crippen LogP contribution in [0.5, 0.6) is 0 Å². The summed E-state index contributed by atoms with van der Waals surface area (Å²) in [5, 5.41) is 26.7. The Balaban J connectivity index is 0. The second-order valence-corrected chi connectivity index (χ2v) is 3.03. The minimum atomic E-state index is -0.986. The molecule has 0 spiro atoms. The molecule has 1 aliphatic rings. The smallest absolute Gasteiger partial charge is 0.465 e. The third-order valence-corrected chi connectivity index (χ3v) is 2.20. The van der Waals surface area contributed by atoms with Crippen molar-refractivity contribution in [3.05, 3.63) is 0 Å². The molecule has 1 fully saturated rings. The number of carbonyl (C=O) groups is 1. The molecule has 0 radical (unpaired) electrons. The maximum atomic E-state index is 10.5. The Bertz CT molecular complexity index is 183. The van der Waals surface area contributed by atoms with Crippen LogP contribution in [0.4, 0.5) is 4.79 Å². The first-order valence-electron chi connectivity index (χ1n) is 3.92. The van der Waals surface area contributed by atoms with Crippen molar-refractivity contribution in [2.45, 2.75) is 12.5 Å². The molecule has 1 heterocycles. The summed E-state index contributed by atoms with van der Waals surface area (Å²) in [7, 11) is 0. The zero-order valence-electron chi connectivity index (χ0n) is 7.68. The summed E-state index contributed by atoms with van der Waals surface area (Å²) in [4.78, 5) is 11.7. The van der Waals surface area contributed by atoms with Crippen molar-refractivity contribution in [3.8, 4) is 0 Å². The SMILES string of the molecule is O=C(O)N1CCC(O)C(CO)C1.[BH4-].[Na+]. The topological polar surface area (TPSA) is 81.0 Å². The van der Waals surface area contributed by atoms with E-state index in [1.807, 2.05) is 0 Å². The van der Waals surface area contributed by atoms with E-state index in [2.05, 4.69) is 0 Å². The first-order chi connectivity index (χ1) is 5.65. The van der Waals surface area contributed by atoms with Gasteiger partial charge in [-0.3, -0.25) is 0 Å². The van der Waals surface area contributed by atoms with E-state index in [4.69, 9.17) is 10.2 Å². The van der Waals surface area contributed by atoms with E-state index in [0.717, 1.165) is 0 Å². The molecule has 2 unspecified atom stereocenters. The molecule has 5 nitrogen and oxygen atoms in total. The minimum absolute atomic E-state index is 0. The van der Waals surface area contributed by atoms with Crippen LogP contribution in [-0.2, 0) is 0 Å². The molecule has 2 atom stereocenters. The Labute approximate surface area is 107 Å². The summed E-state index contributed by atoms with van der Waals surface area (Å²) in [6, 6.07) is 0. The second kappa shape index (κ2) is 7.53. The Morgan fingerprint density at radius 2 is 2.07 bits per heavy atom. The fourth-order valence-electron chi connectivity index (χ4n) is 1.37. The van der Waals surface area contributed by atoms with Gasteiger partial charge < -0.3 is 20.2 Å². The van der Waals surface area contributed by atoms with E-state index in [1.165, 1.54) is 4.90 Å². The van der Waals surface area contributed by atoms with Gasteiger partial charge in [0.15, 0.2) is 0 Å². The Hall–Kier alpha value is 0.255. The van der Waals surface area contributed by atoms with Gasteiger partial charge in [0.25, 0.3) is 0 Å². The number of nitrogens with zero attached hydrogens (tertiary/aromatic N) is 1. The Kier molecular flexibility index (Phi) is 8.97. The van der Waals surface area contributed by atoms with Crippen LogP contribution in [0.25, 0.3) is 0 Å². The summed E-state index contributed by atoms with van der Waals surface area (Å²) < 4.78 is 0. The third kappa shape index (κ3) is 4.19. The number of carboxylic acid groups (broad SMARTS) is 1. The molecule has 1 amide bonds. The van der Waals surface area contributed by atoms with E-state index < -0.39 is 12.2 Å². The van der Waals surface area contributed by atoms with Crippen LogP contribution in [0.3, 0.4) is 0 Å². The van der Waals surface area contributed by atoms with E-state index in [-0.39, 0.29) is 57.0 Å². The van der Waals surface area contributed by atoms with Gasteiger partial charge in [0.05, 0.1) is 12.7 Å². The average Bonchev–Trinajstić information content (AvgIpc) is 2.05. The number of rotatable bonds is 1. The molecular weight excluding hydrogens is 196 g/mol. The number of piperidine rings is 1. The summed E-state index contributed by atoms with van der Waals surface area (Å²) in [5.74, 6) is -0.324. The van der Waals surface area contributed by atoms with E-state index in [9.17, 15) is 9.90 Å². The standard InChI is InChI=1S/C7H13NO4.BH4.Na/c9-4-5-3-8(7(11)12)2-1-6(5)10;;/h5-6,9-10H,1-4H2,(H,11,12);1H4;/q;-1;+1. The maximum Gasteiger partial charge on any atom is 1.00 e. The van der Waals surface area contributed by atoms with Crippen LogP contribution in [0.2, 0.25) is 0 Å². The van der Waals surface area contributed by atoms with Gasteiger partial charge >= 0.3 is 35.7 Å². The zero-order chi connectivity index (χ0) is 9.14. The first-order valence-corrected chi connectivity index (χ1v) is 3.92. The van der Waals surface area contributed by atoms with Crippen molar-refractivity contribution < 1.29 is 49.7 Å². The average molecular weight is 213 g/mol. The number of hydrogen-bond donors (Lipinski definition) is 3. The van der Waals surface area contributed by atoms with Gasteiger partial charge in [-0.15, -0.1) is 0 Å². The van der Waals surface area contributed by atoms with Crippen LogP contribution in [-0.4, -0.2) is 60.5 Å². The quantitative estimate of drug-likeness (QED) is 0.380. The molecule has 0 aromatic rings. The third-order valence-electron chi connectivity index (χ3n) is 2.20. The van der Waals surface area contributed by atoms with Gasteiger partial charge in [-0.1, -0.05) is 8.41 Å². The summed E-state index contributed by atoms with van der Waals surface area (Å²) in [6.45, 7) is 0.422. The number of hydrogen-bond acceptors (Lipinski definition) is 3. The maximum absolute atomic E-state index is 10.5. The van der Waals surface area contributed by atoms with Crippen molar-refractivity contribution in [2.75, 3.05) is 19.7 Å². The Morgan fingerprint density at radius 1 is 1.50 bits per heavy atom. The Morgan fingerprint density at radius 3 is 2.50 bits per heavy atom. The van der Waals surface area contributed by atoms with Crippen LogP contribution in [0.15, 0.2) is 0 Å². The fraction of sp³-hybridized carbons (Fsp3) is 0.857. The van der Waals surface area contributed by atoms with Gasteiger partial charge in [0.1, 0.15) is 0 Å². The fourth-order valence-corrected chi connectivity index (χ4v) is 1.37. The molecule has 7 heteroatoms. The summed E-state index contributed by atoms with van der Waals surface area (Å²) in [6.07, 6.45) is -1.14. The molecule has 0 aromatic carbocycles. The number of likely N-dealkylation sites (tertiary alicyclic amines) is 1.